The lowest BCUT2D eigenvalue weighted by Crippen LogP contribution is -2.46. The first-order chi connectivity index (χ1) is 9.67. The molecule has 1 aliphatic rings. The molecule has 1 aromatic carbocycles. The Bertz CT molecular complexity index is 626. The lowest BCUT2D eigenvalue weighted by atomic mass is 9.95. The van der Waals surface area contributed by atoms with Crippen LogP contribution in [0.25, 0.3) is 10.9 Å². The van der Waals surface area contributed by atoms with Crippen molar-refractivity contribution in [2.45, 2.75) is 26.3 Å². The van der Waals surface area contributed by atoms with Crippen LogP contribution in [0.15, 0.2) is 24.4 Å². The molecule has 0 saturated carbocycles. The Morgan fingerprint density at radius 3 is 2.90 bits per heavy atom. The van der Waals surface area contributed by atoms with Crippen molar-refractivity contribution >= 4 is 16.9 Å². The highest BCUT2D eigenvalue weighted by atomic mass is 16.4. The minimum Gasteiger partial charge on any atom is -0.481 e. The summed E-state index contributed by atoms with van der Waals surface area (Å²) in [5, 5.41) is 10.1. The summed E-state index contributed by atoms with van der Waals surface area (Å²) in [6, 6.07) is 6.44. The van der Waals surface area contributed by atoms with Gasteiger partial charge in [0.1, 0.15) is 0 Å². The van der Waals surface area contributed by atoms with Crippen molar-refractivity contribution in [3.8, 4) is 0 Å². The summed E-state index contributed by atoms with van der Waals surface area (Å²) in [5.74, 6) is -0.363. The number of nitrogens with zero attached hydrogens (tertiary/aromatic N) is 1. The van der Waals surface area contributed by atoms with Crippen molar-refractivity contribution < 1.29 is 9.90 Å². The highest BCUT2D eigenvalue weighted by Gasteiger charge is 2.28. The zero-order valence-corrected chi connectivity index (χ0v) is 11.7. The van der Waals surface area contributed by atoms with E-state index >= 15 is 0 Å². The molecule has 2 N–H and O–H groups in total. The number of aryl methyl sites for hydroxylation is 1. The molecule has 1 saturated heterocycles. The normalized spacial score (nSPS) is 16.4. The Labute approximate surface area is 118 Å². The molecule has 106 valence electrons. The highest BCUT2D eigenvalue weighted by molar-refractivity contribution is 5.86. The van der Waals surface area contributed by atoms with Crippen molar-refractivity contribution in [3.05, 3.63) is 35.5 Å². The number of aliphatic carboxylic acids is 1. The van der Waals surface area contributed by atoms with E-state index in [2.05, 4.69) is 41.2 Å². The quantitative estimate of drug-likeness (QED) is 0.879. The van der Waals surface area contributed by atoms with Crippen molar-refractivity contribution in [2.24, 2.45) is 5.92 Å². The molecule has 1 fully saturated rings. The largest absolute Gasteiger partial charge is 0.481 e. The van der Waals surface area contributed by atoms with E-state index in [1.807, 2.05) is 0 Å². The van der Waals surface area contributed by atoms with Crippen LogP contribution in [-0.4, -0.2) is 34.0 Å². The Hall–Kier alpha value is -1.81. The van der Waals surface area contributed by atoms with Crippen LogP contribution in [0.2, 0.25) is 0 Å². The maximum absolute atomic E-state index is 10.6. The first kappa shape index (κ1) is 13.2. The Morgan fingerprint density at radius 1 is 1.40 bits per heavy atom. The van der Waals surface area contributed by atoms with Gasteiger partial charge in [-0.25, -0.2) is 0 Å². The maximum Gasteiger partial charge on any atom is 0.303 e. The van der Waals surface area contributed by atoms with Gasteiger partial charge in [0.05, 0.1) is 6.42 Å². The first-order valence-corrected chi connectivity index (χ1v) is 7.19. The number of carbonyl (C=O) groups is 1. The molecule has 3 rings (SSSR count). The zero-order valence-electron chi connectivity index (χ0n) is 11.7. The van der Waals surface area contributed by atoms with Gasteiger partial charge in [0, 0.05) is 36.7 Å². The summed E-state index contributed by atoms with van der Waals surface area (Å²) in [6.45, 7) is 4.86. The molecule has 2 aromatic rings. The molecule has 20 heavy (non-hydrogen) atoms. The van der Waals surface area contributed by atoms with Gasteiger partial charge in [-0.05, 0) is 23.5 Å². The maximum atomic E-state index is 10.6. The van der Waals surface area contributed by atoms with E-state index in [9.17, 15) is 4.79 Å². The van der Waals surface area contributed by atoms with Crippen molar-refractivity contribution in [1.82, 2.24) is 9.88 Å². The number of aromatic amines is 1. The summed E-state index contributed by atoms with van der Waals surface area (Å²) < 4.78 is 0. The Balaban J connectivity index is 1.69. The van der Waals surface area contributed by atoms with Crippen LogP contribution in [0.3, 0.4) is 0 Å². The number of H-pyrrole nitrogens is 1. The molecule has 4 heteroatoms. The Morgan fingerprint density at radius 2 is 2.20 bits per heavy atom. The third kappa shape index (κ3) is 2.43. The van der Waals surface area contributed by atoms with E-state index in [0.717, 1.165) is 26.1 Å². The molecular weight excluding hydrogens is 252 g/mol. The lowest BCUT2D eigenvalue weighted by Gasteiger charge is -2.38. The van der Waals surface area contributed by atoms with Crippen molar-refractivity contribution in [2.75, 3.05) is 13.1 Å². The van der Waals surface area contributed by atoms with Gasteiger partial charge in [-0.1, -0.05) is 25.1 Å². The van der Waals surface area contributed by atoms with Gasteiger partial charge in [-0.3, -0.25) is 9.69 Å². The summed E-state index contributed by atoms with van der Waals surface area (Å²) in [4.78, 5) is 16.3. The van der Waals surface area contributed by atoms with E-state index in [-0.39, 0.29) is 0 Å². The predicted molar refractivity (Wildman–Crippen MR) is 78.7 cm³/mol. The minimum atomic E-state index is -0.686. The Kier molecular flexibility index (Phi) is 3.49. The second kappa shape index (κ2) is 5.29. The van der Waals surface area contributed by atoms with Gasteiger partial charge < -0.3 is 10.1 Å². The molecular formula is C16H20N2O2. The monoisotopic (exact) mass is 272 g/mol. The molecule has 0 aliphatic carbocycles. The summed E-state index contributed by atoms with van der Waals surface area (Å²) in [7, 11) is 0. The van der Waals surface area contributed by atoms with E-state index in [0.29, 0.717) is 12.3 Å². The molecule has 0 radical (unpaired) electrons. The van der Waals surface area contributed by atoms with Gasteiger partial charge >= 0.3 is 5.97 Å². The van der Waals surface area contributed by atoms with Crippen LogP contribution in [0.4, 0.5) is 0 Å². The van der Waals surface area contributed by atoms with Crippen LogP contribution in [-0.2, 0) is 17.8 Å². The number of carboxylic acid groups (broad SMARTS) is 1. The van der Waals surface area contributed by atoms with E-state index in [4.69, 9.17) is 5.11 Å². The number of aromatic nitrogens is 1. The van der Waals surface area contributed by atoms with Gasteiger partial charge in [0.2, 0.25) is 0 Å². The van der Waals surface area contributed by atoms with E-state index in [1.165, 1.54) is 22.0 Å². The topological polar surface area (TPSA) is 56.3 Å². The number of rotatable bonds is 5. The number of para-hydroxylation sites is 1. The van der Waals surface area contributed by atoms with Crippen molar-refractivity contribution in [1.29, 1.82) is 0 Å². The third-order valence-corrected chi connectivity index (χ3v) is 4.16. The fraction of sp³-hybridized carbons (Fsp3) is 0.438. The smallest absolute Gasteiger partial charge is 0.303 e. The van der Waals surface area contributed by atoms with Gasteiger partial charge in [-0.15, -0.1) is 0 Å². The van der Waals surface area contributed by atoms with Gasteiger partial charge in [0.25, 0.3) is 0 Å². The molecule has 1 aromatic heterocycles. The zero-order chi connectivity index (χ0) is 14.1. The van der Waals surface area contributed by atoms with Crippen LogP contribution in [0.5, 0.6) is 0 Å². The molecule has 0 atom stereocenters. The standard InChI is InChI=1S/C16H20N2O2/c1-2-12-4-3-5-14-13(7-17-16(12)14)10-18-8-11(9-18)6-15(19)20/h3-5,7,11,17H,2,6,8-10H2,1H3,(H,19,20). The van der Waals surface area contributed by atoms with Crippen LogP contribution >= 0.6 is 0 Å². The number of likely N-dealkylation sites (tertiary alicyclic amines) is 1. The minimum absolute atomic E-state index is 0.296. The average Bonchev–Trinajstić information content (AvgIpc) is 2.79. The second-order valence-corrected chi connectivity index (χ2v) is 5.67. The lowest BCUT2D eigenvalue weighted by molar-refractivity contribution is -0.139. The molecule has 2 heterocycles. The molecule has 0 spiro atoms. The molecule has 4 nitrogen and oxygen atoms in total. The second-order valence-electron chi connectivity index (χ2n) is 5.67. The number of benzene rings is 1. The van der Waals surface area contributed by atoms with Crippen LogP contribution in [0, 0.1) is 5.92 Å². The first-order valence-electron chi connectivity index (χ1n) is 7.19. The third-order valence-electron chi connectivity index (χ3n) is 4.16. The van der Waals surface area contributed by atoms with Gasteiger partial charge in [0.15, 0.2) is 0 Å². The number of hydrogen-bond donors (Lipinski definition) is 2. The SMILES string of the molecule is CCc1cccc2c(CN3CC(CC(=O)O)C3)c[nH]c12. The van der Waals surface area contributed by atoms with Gasteiger partial charge in [-0.2, -0.15) is 0 Å². The van der Waals surface area contributed by atoms with E-state index < -0.39 is 5.97 Å². The number of carboxylic acids is 1. The fourth-order valence-electron chi connectivity index (χ4n) is 3.12. The molecule has 0 unspecified atom stereocenters. The highest BCUT2D eigenvalue weighted by Crippen LogP contribution is 2.26. The summed E-state index contributed by atoms with van der Waals surface area (Å²) in [6.07, 6.45) is 3.42. The number of nitrogens with one attached hydrogen (secondary N) is 1. The summed E-state index contributed by atoms with van der Waals surface area (Å²) >= 11 is 0. The molecule has 1 aliphatic heterocycles. The van der Waals surface area contributed by atoms with Crippen LogP contribution in [0.1, 0.15) is 24.5 Å². The summed E-state index contributed by atoms with van der Waals surface area (Å²) in [5.41, 5.74) is 3.90. The average molecular weight is 272 g/mol. The number of fused-ring (bicyclic) bond motifs is 1. The molecule has 0 amide bonds. The van der Waals surface area contributed by atoms with E-state index in [1.54, 1.807) is 0 Å². The number of hydrogen-bond acceptors (Lipinski definition) is 2. The fourth-order valence-corrected chi connectivity index (χ4v) is 3.12. The van der Waals surface area contributed by atoms with Crippen LogP contribution < -0.4 is 0 Å². The molecule has 0 bridgehead atoms. The predicted octanol–water partition coefficient (Wildman–Crippen LogP) is 2.64. The van der Waals surface area contributed by atoms with Crippen molar-refractivity contribution in [3.63, 3.8) is 0 Å².